The molecule has 0 atom stereocenters. The predicted molar refractivity (Wildman–Crippen MR) is 115 cm³/mol. The molecular formula is C22H22F2N2O5S. The summed E-state index contributed by atoms with van der Waals surface area (Å²) in [6, 6.07) is 7.09. The van der Waals surface area contributed by atoms with E-state index in [1.807, 2.05) is 0 Å². The lowest BCUT2D eigenvalue weighted by Gasteiger charge is -2.12. The third-order valence-corrected chi connectivity index (χ3v) is 5.22. The predicted octanol–water partition coefficient (Wildman–Crippen LogP) is 3.53. The Balaban J connectivity index is 1.86. The van der Waals surface area contributed by atoms with Crippen LogP contribution in [0.25, 0.3) is 11.1 Å². The van der Waals surface area contributed by atoms with Gasteiger partial charge < -0.3 is 10.1 Å². The van der Waals surface area contributed by atoms with Crippen LogP contribution in [0.15, 0.2) is 47.5 Å². The van der Waals surface area contributed by atoms with E-state index in [0.29, 0.717) is 6.42 Å². The maximum atomic E-state index is 14.9. The van der Waals surface area contributed by atoms with Crippen molar-refractivity contribution >= 4 is 27.5 Å². The summed E-state index contributed by atoms with van der Waals surface area (Å²) in [7, 11) is -3.88. The third kappa shape index (κ3) is 5.50. The molecule has 10 heteroatoms. The van der Waals surface area contributed by atoms with E-state index in [4.69, 9.17) is 11.6 Å². The molecule has 0 saturated heterocycles. The van der Waals surface area contributed by atoms with Gasteiger partial charge in [0.1, 0.15) is 23.1 Å². The fourth-order valence-electron chi connectivity index (χ4n) is 3.32. The number of hydrogen-bond acceptors (Lipinski definition) is 5. The van der Waals surface area contributed by atoms with Crippen LogP contribution in [-0.2, 0) is 19.6 Å². The third-order valence-electron chi connectivity index (χ3n) is 4.66. The highest BCUT2D eigenvalue weighted by Gasteiger charge is 2.28. The number of carbonyl (C=O) groups is 2. The highest BCUT2D eigenvalue weighted by molar-refractivity contribution is 7.89. The van der Waals surface area contributed by atoms with Gasteiger partial charge in [0.2, 0.25) is 10.0 Å². The number of rotatable bonds is 7. The Kier molecular flexibility index (Phi) is 5.12. The lowest BCUT2D eigenvalue weighted by atomic mass is 10.0. The molecule has 2 N–H and O–H groups in total. The van der Waals surface area contributed by atoms with Gasteiger partial charge in [0.05, 0.1) is 15.6 Å². The molecule has 170 valence electrons. The maximum Gasteiger partial charge on any atom is 0.261 e. The van der Waals surface area contributed by atoms with Gasteiger partial charge in [0, 0.05) is 15.3 Å². The summed E-state index contributed by atoms with van der Waals surface area (Å²) >= 11 is 0. The zero-order valence-corrected chi connectivity index (χ0v) is 17.6. The molecule has 0 heterocycles. The van der Waals surface area contributed by atoms with Crippen LogP contribution in [0.5, 0.6) is 5.75 Å². The molecule has 7 nitrogen and oxygen atoms in total. The van der Waals surface area contributed by atoms with E-state index in [-0.39, 0.29) is 40.9 Å². The largest absolute Gasteiger partial charge is 0.494 e. The first kappa shape index (κ1) is 17.3. The van der Waals surface area contributed by atoms with Crippen molar-refractivity contribution in [2.24, 2.45) is 0 Å². The van der Waals surface area contributed by atoms with Crippen LogP contribution in [0.1, 0.15) is 33.0 Å². The second kappa shape index (κ2) is 9.47. The van der Waals surface area contributed by atoms with Gasteiger partial charge in [0.15, 0.2) is 0 Å². The molecule has 0 unspecified atom stereocenters. The number of carbonyl (C=O) groups excluding carboxylic acids is 2. The number of halogens is 2. The van der Waals surface area contributed by atoms with Gasteiger partial charge in [-0.1, -0.05) is 12.1 Å². The summed E-state index contributed by atoms with van der Waals surface area (Å²) < 4.78 is 95.9. The van der Waals surface area contributed by atoms with Gasteiger partial charge in [-0.25, -0.2) is 21.9 Å². The number of hydrogen-bond donors (Lipinski definition) is 2. The van der Waals surface area contributed by atoms with E-state index in [1.165, 1.54) is 24.3 Å². The Labute approximate surface area is 191 Å². The van der Waals surface area contributed by atoms with E-state index >= 15 is 0 Å². The van der Waals surface area contributed by atoms with Crippen molar-refractivity contribution in [1.82, 2.24) is 4.72 Å². The van der Waals surface area contributed by atoms with Gasteiger partial charge in [0.25, 0.3) is 11.8 Å². The molecule has 1 aliphatic carbocycles. The van der Waals surface area contributed by atoms with Crippen molar-refractivity contribution in [2.45, 2.75) is 26.1 Å². The molecule has 2 aromatic rings. The minimum Gasteiger partial charge on any atom is -0.494 e. The van der Waals surface area contributed by atoms with Crippen LogP contribution in [0.3, 0.4) is 0 Å². The molecule has 2 amide bonds. The minimum absolute atomic E-state index is 0.0128. The fourth-order valence-corrected chi connectivity index (χ4v) is 3.78. The Bertz CT molecular complexity index is 1370. The SMILES string of the molecule is [2H]C([2H])([2H])C([2H])([2H])Oc1cccc(-c2cc(F)c(NC(=O)C3=C(C(=O)NS(C)(=O)=O)CCC3)c(F)c2)c1. The van der Waals surface area contributed by atoms with E-state index in [1.54, 1.807) is 4.72 Å². The number of sulfonamides is 1. The molecule has 0 bridgehead atoms. The average molecular weight is 470 g/mol. The van der Waals surface area contributed by atoms with E-state index < -0.39 is 52.6 Å². The van der Waals surface area contributed by atoms with E-state index in [2.05, 4.69) is 5.32 Å². The van der Waals surface area contributed by atoms with Gasteiger partial charge >= 0.3 is 0 Å². The smallest absolute Gasteiger partial charge is 0.261 e. The van der Waals surface area contributed by atoms with E-state index in [0.717, 1.165) is 18.4 Å². The van der Waals surface area contributed by atoms with Crippen molar-refractivity contribution < 1.29 is 38.4 Å². The summed E-state index contributed by atoms with van der Waals surface area (Å²) in [5, 5.41) is 2.09. The molecule has 3 rings (SSSR count). The second-order valence-corrected chi connectivity index (χ2v) is 8.76. The summed E-state index contributed by atoms with van der Waals surface area (Å²) in [6.45, 7) is -6.09. The lowest BCUT2D eigenvalue weighted by molar-refractivity contribution is -0.117. The summed E-state index contributed by atoms with van der Waals surface area (Å²) in [5.41, 5.74) is -0.803. The van der Waals surface area contributed by atoms with Crippen LogP contribution in [0.4, 0.5) is 14.5 Å². The zero-order valence-electron chi connectivity index (χ0n) is 21.8. The molecule has 0 radical (unpaired) electrons. The number of benzene rings is 2. The molecule has 0 saturated carbocycles. The molecule has 2 aromatic carbocycles. The van der Waals surface area contributed by atoms with Crippen molar-refractivity contribution in [3.8, 4) is 16.9 Å². The molecule has 0 aromatic heterocycles. The Morgan fingerprint density at radius 2 is 1.75 bits per heavy atom. The Hall–Kier alpha value is -3.27. The standard InChI is InChI=1S/C22H22F2N2O5S/c1-3-31-15-7-4-6-13(10-15)14-11-18(23)20(19(24)12-14)25-21(27)16-8-5-9-17(16)22(28)26-32(2,29)30/h4,6-7,10-12H,3,5,8-9H2,1-2H3,(H,25,27)(H,26,28)/i1D3,3D2. The number of amides is 2. The quantitative estimate of drug-likeness (QED) is 0.646. The lowest BCUT2D eigenvalue weighted by Crippen LogP contribution is -2.31. The van der Waals surface area contributed by atoms with Crippen molar-refractivity contribution in [3.63, 3.8) is 0 Å². The van der Waals surface area contributed by atoms with Gasteiger partial charge in [-0.05, 0) is 61.5 Å². The highest BCUT2D eigenvalue weighted by atomic mass is 32.2. The molecule has 0 fully saturated rings. The summed E-state index contributed by atoms with van der Waals surface area (Å²) in [6.07, 6.45) is 1.37. The number of ether oxygens (including phenoxy) is 1. The normalized spacial score (nSPS) is 16.9. The molecular weight excluding hydrogens is 442 g/mol. The number of anilines is 1. The summed E-state index contributed by atoms with van der Waals surface area (Å²) in [5.74, 6) is -4.44. The summed E-state index contributed by atoms with van der Waals surface area (Å²) in [4.78, 5) is 24.9. The van der Waals surface area contributed by atoms with Crippen molar-refractivity contribution in [2.75, 3.05) is 18.1 Å². The van der Waals surface area contributed by atoms with Crippen LogP contribution < -0.4 is 14.8 Å². The van der Waals surface area contributed by atoms with Crippen LogP contribution in [0, 0.1) is 11.6 Å². The minimum atomic E-state index is -3.88. The van der Waals surface area contributed by atoms with E-state index in [9.17, 15) is 26.8 Å². The maximum absolute atomic E-state index is 14.9. The van der Waals surface area contributed by atoms with Crippen molar-refractivity contribution in [1.29, 1.82) is 0 Å². The van der Waals surface area contributed by atoms with Crippen LogP contribution in [-0.4, -0.2) is 33.0 Å². The second-order valence-electron chi connectivity index (χ2n) is 7.01. The molecule has 0 aliphatic heterocycles. The highest BCUT2D eigenvalue weighted by Crippen LogP contribution is 2.31. The van der Waals surface area contributed by atoms with Crippen LogP contribution >= 0.6 is 0 Å². The van der Waals surface area contributed by atoms with Gasteiger partial charge in [-0.15, -0.1) is 0 Å². The zero-order chi connectivity index (χ0) is 27.8. The monoisotopic (exact) mass is 469 g/mol. The Morgan fingerprint density at radius 3 is 2.38 bits per heavy atom. The first-order chi connectivity index (χ1) is 17.0. The average Bonchev–Trinajstić information content (AvgIpc) is 3.24. The molecule has 1 aliphatic rings. The fraction of sp³-hybridized carbons (Fsp3) is 0.273. The van der Waals surface area contributed by atoms with Gasteiger partial charge in [-0.3, -0.25) is 9.59 Å². The first-order valence-electron chi connectivity index (χ1n) is 11.8. The van der Waals surface area contributed by atoms with Crippen LogP contribution in [0.2, 0.25) is 0 Å². The topological polar surface area (TPSA) is 102 Å². The van der Waals surface area contributed by atoms with Crippen molar-refractivity contribution in [3.05, 3.63) is 59.2 Å². The first-order valence-corrected chi connectivity index (χ1v) is 11.2. The Morgan fingerprint density at radius 1 is 1.09 bits per heavy atom. The number of nitrogens with one attached hydrogen (secondary N) is 2. The molecule has 0 spiro atoms. The molecule has 32 heavy (non-hydrogen) atoms. The van der Waals surface area contributed by atoms with Gasteiger partial charge in [-0.2, -0.15) is 0 Å².